The van der Waals surface area contributed by atoms with Crippen LogP contribution in [-0.4, -0.2) is 50.6 Å². The van der Waals surface area contributed by atoms with E-state index >= 15 is 0 Å². The summed E-state index contributed by atoms with van der Waals surface area (Å²) in [6.45, 7) is 2.40. The van der Waals surface area contributed by atoms with E-state index in [1.54, 1.807) is 19.1 Å². The maximum absolute atomic E-state index is 13.6. The molecule has 9 heteroatoms. The molecule has 0 fully saturated rings. The van der Waals surface area contributed by atoms with Gasteiger partial charge in [0.15, 0.2) is 5.78 Å². The number of carbonyl (C=O) groups excluding carboxylic acids is 1. The Hall–Kier alpha value is -4.63. The Kier molecular flexibility index (Phi) is 8.40. The highest BCUT2D eigenvalue weighted by Crippen LogP contribution is 2.33. The first kappa shape index (κ1) is 26.4. The third-order valence-electron chi connectivity index (χ3n) is 6.13. The van der Waals surface area contributed by atoms with Crippen LogP contribution in [0.15, 0.2) is 78.9 Å². The van der Waals surface area contributed by atoms with E-state index in [9.17, 15) is 19.5 Å². The predicted octanol–water partition coefficient (Wildman–Crippen LogP) is 5.35. The fraction of sp³-hybridized carbons (Fsp3) is 0.207. The summed E-state index contributed by atoms with van der Waals surface area (Å²) in [7, 11) is 0. The molecule has 0 aliphatic carbocycles. The molecular formula is C29H28N2O7. The van der Waals surface area contributed by atoms with Gasteiger partial charge in [0.25, 0.3) is 0 Å². The molecule has 1 atom stereocenters. The molecule has 9 nitrogen and oxygen atoms in total. The zero-order valence-electron chi connectivity index (χ0n) is 20.8. The van der Waals surface area contributed by atoms with Crippen LogP contribution in [0.1, 0.15) is 34.8 Å². The molecule has 0 aliphatic rings. The van der Waals surface area contributed by atoms with E-state index < -0.39 is 18.2 Å². The number of aliphatic carboxylic acids is 1. The fourth-order valence-electron chi connectivity index (χ4n) is 4.25. The summed E-state index contributed by atoms with van der Waals surface area (Å²) >= 11 is 0. The third-order valence-corrected chi connectivity index (χ3v) is 6.13. The number of aromatic nitrogens is 1. The minimum absolute atomic E-state index is 0.0387. The van der Waals surface area contributed by atoms with Crippen LogP contribution in [-0.2, 0) is 17.9 Å². The van der Waals surface area contributed by atoms with E-state index in [1.165, 1.54) is 6.07 Å². The number of nitrogens with zero attached hydrogens (tertiary/aromatic N) is 1. The molecule has 0 saturated heterocycles. The monoisotopic (exact) mass is 516 g/mol. The van der Waals surface area contributed by atoms with Crippen molar-refractivity contribution in [2.45, 2.75) is 32.5 Å². The minimum Gasteiger partial charge on any atom is -0.487 e. The molecule has 38 heavy (non-hydrogen) atoms. The van der Waals surface area contributed by atoms with Crippen molar-refractivity contribution in [1.82, 2.24) is 9.88 Å². The van der Waals surface area contributed by atoms with Crippen LogP contribution in [0.2, 0.25) is 0 Å². The van der Waals surface area contributed by atoms with E-state index in [2.05, 4.69) is 4.98 Å². The first-order valence-electron chi connectivity index (χ1n) is 12.1. The maximum Gasteiger partial charge on any atom is 0.512 e. The molecule has 196 valence electrons. The predicted molar refractivity (Wildman–Crippen MR) is 141 cm³/mol. The van der Waals surface area contributed by atoms with Crippen LogP contribution >= 0.6 is 0 Å². The van der Waals surface area contributed by atoms with E-state index in [4.69, 9.17) is 14.6 Å². The summed E-state index contributed by atoms with van der Waals surface area (Å²) < 4.78 is 10.8. The molecule has 0 saturated carbocycles. The van der Waals surface area contributed by atoms with Gasteiger partial charge in [-0.3, -0.25) is 14.5 Å². The summed E-state index contributed by atoms with van der Waals surface area (Å²) in [5.41, 5.74) is 2.66. The molecule has 0 radical (unpaired) electrons. The van der Waals surface area contributed by atoms with Gasteiger partial charge in [0, 0.05) is 29.6 Å². The quantitative estimate of drug-likeness (QED) is 0.170. The standard InChI is InChI=1S/C29H28N2O7/c1-19(14-27(33)34)31(16-20-8-4-2-5-9-20)17-24(32)22-12-13-25(37-18-21-10-6-3-7-11-21)28-23(22)15-26(30-28)38-29(35)36/h2-13,15,19,30H,14,16-18H2,1H3,(H,33,34)(H,35,36). The molecule has 0 aliphatic heterocycles. The largest absolute Gasteiger partial charge is 0.512 e. The van der Waals surface area contributed by atoms with Crippen molar-refractivity contribution in [1.29, 1.82) is 0 Å². The molecule has 1 aromatic heterocycles. The maximum atomic E-state index is 13.6. The zero-order chi connectivity index (χ0) is 27.1. The number of ether oxygens (including phenoxy) is 2. The Morgan fingerprint density at radius 3 is 2.21 bits per heavy atom. The van der Waals surface area contributed by atoms with Gasteiger partial charge in [0.1, 0.15) is 12.4 Å². The van der Waals surface area contributed by atoms with Crippen LogP contribution in [0.3, 0.4) is 0 Å². The summed E-state index contributed by atoms with van der Waals surface area (Å²) in [4.78, 5) is 40.8. The summed E-state index contributed by atoms with van der Waals surface area (Å²) in [5.74, 6) is -0.816. The first-order valence-corrected chi connectivity index (χ1v) is 12.1. The lowest BCUT2D eigenvalue weighted by Gasteiger charge is -2.27. The van der Waals surface area contributed by atoms with Crippen molar-refractivity contribution < 1.29 is 34.1 Å². The number of hydrogen-bond donors (Lipinski definition) is 3. The molecular weight excluding hydrogens is 488 g/mol. The summed E-state index contributed by atoms with van der Waals surface area (Å²) in [5, 5.41) is 18.9. The number of carboxylic acids is 1. The highest BCUT2D eigenvalue weighted by Gasteiger charge is 2.23. The number of aromatic amines is 1. The molecule has 3 aromatic carbocycles. The normalized spacial score (nSPS) is 11.8. The van der Waals surface area contributed by atoms with Gasteiger partial charge in [-0.2, -0.15) is 0 Å². The topological polar surface area (TPSA) is 129 Å². The number of Topliss-reactive ketones (excluding diaryl/α,β-unsaturated/α-hetero) is 1. The van der Waals surface area contributed by atoms with Gasteiger partial charge < -0.3 is 24.7 Å². The van der Waals surface area contributed by atoms with Gasteiger partial charge in [0.2, 0.25) is 5.88 Å². The van der Waals surface area contributed by atoms with E-state index in [0.717, 1.165) is 11.1 Å². The summed E-state index contributed by atoms with van der Waals surface area (Å²) in [6.07, 6.45) is -1.62. The number of carboxylic acid groups (broad SMARTS) is 2. The van der Waals surface area contributed by atoms with Crippen molar-refractivity contribution in [2.24, 2.45) is 0 Å². The van der Waals surface area contributed by atoms with Crippen molar-refractivity contribution in [2.75, 3.05) is 6.54 Å². The second kappa shape index (κ2) is 12.1. The number of fused-ring (bicyclic) bond motifs is 1. The smallest absolute Gasteiger partial charge is 0.487 e. The SMILES string of the molecule is CC(CC(=O)O)N(CC(=O)c1ccc(OCc2ccccc2)c2[nH]c(OC(=O)O)cc12)Cc1ccccc1. The van der Waals surface area contributed by atoms with Crippen molar-refractivity contribution in [3.63, 3.8) is 0 Å². The number of benzene rings is 3. The van der Waals surface area contributed by atoms with Crippen LogP contribution in [0, 0.1) is 0 Å². The number of carbonyl (C=O) groups is 3. The van der Waals surface area contributed by atoms with E-state index in [1.807, 2.05) is 65.6 Å². The first-order chi connectivity index (χ1) is 18.3. The van der Waals surface area contributed by atoms with Gasteiger partial charge in [-0.25, -0.2) is 4.79 Å². The number of nitrogens with one attached hydrogen (secondary N) is 1. The average molecular weight is 517 g/mol. The van der Waals surface area contributed by atoms with E-state index in [0.29, 0.717) is 28.8 Å². The third kappa shape index (κ3) is 6.77. The van der Waals surface area contributed by atoms with Gasteiger partial charge in [0.05, 0.1) is 18.5 Å². The Bertz CT molecular complexity index is 1420. The van der Waals surface area contributed by atoms with Crippen LogP contribution in [0.5, 0.6) is 11.6 Å². The van der Waals surface area contributed by atoms with E-state index in [-0.39, 0.29) is 31.2 Å². The molecule has 0 spiro atoms. The van der Waals surface area contributed by atoms with Crippen LogP contribution < -0.4 is 9.47 Å². The van der Waals surface area contributed by atoms with Crippen molar-refractivity contribution in [3.8, 4) is 11.6 Å². The number of ketones is 1. The molecule has 4 aromatic rings. The average Bonchev–Trinajstić information content (AvgIpc) is 3.30. The lowest BCUT2D eigenvalue weighted by Crippen LogP contribution is -2.38. The van der Waals surface area contributed by atoms with Gasteiger partial charge in [-0.1, -0.05) is 60.7 Å². The molecule has 4 rings (SSSR count). The Balaban J connectivity index is 1.64. The number of H-pyrrole nitrogens is 1. The number of rotatable bonds is 12. The highest BCUT2D eigenvalue weighted by molar-refractivity contribution is 6.10. The van der Waals surface area contributed by atoms with Crippen LogP contribution in [0.25, 0.3) is 10.9 Å². The van der Waals surface area contributed by atoms with Gasteiger partial charge in [-0.15, -0.1) is 0 Å². The highest BCUT2D eigenvalue weighted by atomic mass is 16.7. The zero-order valence-corrected chi connectivity index (χ0v) is 20.8. The summed E-state index contributed by atoms with van der Waals surface area (Å²) in [6, 6.07) is 23.4. The molecule has 0 amide bonds. The van der Waals surface area contributed by atoms with Crippen molar-refractivity contribution in [3.05, 3.63) is 95.6 Å². The second-order valence-electron chi connectivity index (χ2n) is 8.94. The lowest BCUT2D eigenvalue weighted by molar-refractivity contribution is -0.138. The second-order valence-corrected chi connectivity index (χ2v) is 8.94. The Morgan fingerprint density at radius 2 is 1.58 bits per heavy atom. The van der Waals surface area contributed by atoms with Gasteiger partial charge >= 0.3 is 12.1 Å². The lowest BCUT2D eigenvalue weighted by atomic mass is 10.0. The Morgan fingerprint density at radius 1 is 0.921 bits per heavy atom. The number of hydrogen-bond acceptors (Lipinski definition) is 6. The Labute approximate surface area is 219 Å². The minimum atomic E-state index is -1.49. The van der Waals surface area contributed by atoms with Crippen molar-refractivity contribution >= 4 is 28.8 Å². The van der Waals surface area contributed by atoms with Gasteiger partial charge in [-0.05, 0) is 30.2 Å². The molecule has 1 heterocycles. The molecule has 3 N–H and O–H groups in total. The molecule has 0 bridgehead atoms. The fourth-order valence-corrected chi connectivity index (χ4v) is 4.25. The molecule has 1 unspecified atom stereocenters. The van der Waals surface area contributed by atoms with Crippen LogP contribution in [0.4, 0.5) is 4.79 Å².